The number of hydrogen-bond donors (Lipinski definition) is 1. The SMILES string of the molecule is Cc1nc(-c2nnn(C)c2COc2cc(C(C)F)ncn2)ccc1O[C@H]1CCC[C@H](C(=O)O)C1. The predicted molar refractivity (Wildman–Crippen MR) is 119 cm³/mol. The van der Waals surface area contributed by atoms with Crippen molar-refractivity contribution in [3.05, 3.63) is 41.6 Å². The third kappa shape index (κ3) is 5.29. The maximum absolute atomic E-state index is 13.5. The van der Waals surface area contributed by atoms with E-state index in [1.807, 2.05) is 13.0 Å². The van der Waals surface area contributed by atoms with Gasteiger partial charge in [0.15, 0.2) is 0 Å². The van der Waals surface area contributed by atoms with Crippen LogP contribution in [-0.4, -0.2) is 47.1 Å². The molecule has 3 aromatic heterocycles. The van der Waals surface area contributed by atoms with Crippen molar-refractivity contribution in [2.45, 2.75) is 58.4 Å². The molecule has 0 spiro atoms. The highest BCUT2D eigenvalue weighted by molar-refractivity contribution is 5.70. The summed E-state index contributed by atoms with van der Waals surface area (Å²) in [4.78, 5) is 23.9. The van der Waals surface area contributed by atoms with Crippen LogP contribution in [0.2, 0.25) is 0 Å². The van der Waals surface area contributed by atoms with E-state index < -0.39 is 12.1 Å². The minimum atomic E-state index is -1.23. The molecule has 11 heteroatoms. The zero-order valence-corrected chi connectivity index (χ0v) is 19.3. The Hall–Kier alpha value is -3.63. The second kappa shape index (κ2) is 10.1. The Labute approximate surface area is 196 Å². The van der Waals surface area contributed by atoms with E-state index in [1.165, 1.54) is 19.3 Å². The first kappa shape index (κ1) is 23.5. The van der Waals surface area contributed by atoms with Crippen LogP contribution in [0.25, 0.3) is 11.4 Å². The van der Waals surface area contributed by atoms with E-state index in [1.54, 1.807) is 17.8 Å². The van der Waals surface area contributed by atoms with Crippen LogP contribution in [0.3, 0.4) is 0 Å². The molecule has 0 radical (unpaired) electrons. The third-order valence-corrected chi connectivity index (χ3v) is 5.92. The third-order valence-electron chi connectivity index (χ3n) is 5.92. The van der Waals surface area contributed by atoms with Crippen molar-refractivity contribution in [2.75, 3.05) is 0 Å². The van der Waals surface area contributed by atoms with Crippen LogP contribution in [0.4, 0.5) is 4.39 Å². The number of aliphatic carboxylic acids is 1. The maximum atomic E-state index is 13.5. The van der Waals surface area contributed by atoms with Gasteiger partial charge in [-0.15, -0.1) is 5.10 Å². The van der Waals surface area contributed by atoms with Crippen LogP contribution >= 0.6 is 0 Å². The average molecular weight is 471 g/mol. The number of aromatic nitrogens is 6. The molecule has 3 aromatic rings. The lowest BCUT2D eigenvalue weighted by Gasteiger charge is -2.27. The quantitative estimate of drug-likeness (QED) is 0.525. The molecule has 0 aliphatic heterocycles. The summed E-state index contributed by atoms with van der Waals surface area (Å²) < 4.78 is 27.0. The van der Waals surface area contributed by atoms with Crippen molar-refractivity contribution in [1.29, 1.82) is 0 Å². The molecule has 1 aliphatic rings. The number of ether oxygens (including phenoxy) is 2. The summed E-state index contributed by atoms with van der Waals surface area (Å²) in [6.07, 6.45) is 2.72. The first-order valence-corrected chi connectivity index (χ1v) is 11.2. The van der Waals surface area contributed by atoms with Gasteiger partial charge in [0.25, 0.3) is 0 Å². The van der Waals surface area contributed by atoms with Crippen LogP contribution in [0, 0.1) is 12.8 Å². The minimum absolute atomic E-state index is 0.105. The first-order valence-electron chi connectivity index (χ1n) is 11.2. The number of aryl methyl sites for hydroxylation is 2. The Kier molecular flexibility index (Phi) is 6.99. The highest BCUT2D eigenvalue weighted by atomic mass is 19.1. The fourth-order valence-electron chi connectivity index (χ4n) is 3.99. The smallest absolute Gasteiger partial charge is 0.306 e. The summed E-state index contributed by atoms with van der Waals surface area (Å²) in [6, 6.07) is 5.07. The number of alkyl halides is 1. The molecule has 1 saturated carbocycles. The molecule has 34 heavy (non-hydrogen) atoms. The Bertz CT molecular complexity index is 1170. The monoisotopic (exact) mass is 470 g/mol. The van der Waals surface area contributed by atoms with Gasteiger partial charge in [-0.05, 0) is 51.7 Å². The van der Waals surface area contributed by atoms with Crippen molar-refractivity contribution in [1.82, 2.24) is 29.9 Å². The molecule has 3 atom stereocenters. The van der Waals surface area contributed by atoms with Crippen molar-refractivity contribution < 1.29 is 23.8 Å². The minimum Gasteiger partial charge on any atom is -0.489 e. The molecule has 0 bridgehead atoms. The number of carboxylic acid groups (broad SMARTS) is 1. The summed E-state index contributed by atoms with van der Waals surface area (Å²) in [5.74, 6) is -0.266. The molecule has 4 rings (SSSR count). The van der Waals surface area contributed by atoms with E-state index in [-0.39, 0.29) is 30.2 Å². The molecule has 180 valence electrons. The summed E-state index contributed by atoms with van der Waals surface area (Å²) in [6.45, 7) is 3.34. The molecule has 1 aliphatic carbocycles. The zero-order valence-electron chi connectivity index (χ0n) is 19.3. The van der Waals surface area contributed by atoms with Gasteiger partial charge in [-0.2, -0.15) is 0 Å². The second-order valence-corrected chi connectivity index (χ2v) is 8.42. The standard InChI is InChI=1S/C23H27FN6O4/c1-13(24)18-10-21(26-12-25-18)33-11-19-22(28-29-30(19)3)17-7-8-20(14(2)27-17)34-16-6-4-5-15(9-16)23(31)32/h7-8,10,12-13,15-16H,4-6,9,11H2,1-3H3,(H,31,32)/t13?,15-,16-/m0/s1. The number of halogens is 1. The van der Waals surface area contributed by atoms with Crippen LogP contribution in [0.15, 0.2) is 24.5 Å². The molecular weight excluding hydrogens is 443 g/mol. The maximum Gasteiger partial charge on any atom is 0.306 e. The van der Waals surface area contributed by atoms with Crippen molar-refractivity contribution in [3.8, 4) is 23.0 Å². The molecule has 10 nitrogen and oxygen atoms in total. The van der Waals surface area contributed by atoms with Crippen LogP contribution in [-0.2, 0) is 18.4 Å². The van der Waals surface area contributed by atoms with E-state index in [0.29, 0.717) is 41.4 Å². The van der Waals surface area contributed by atoms with Gasteiger partial charge in [0.1, 0.15) is 36.2 Å². The van der Waals surface area contributed by atoms with Gasteiger partial charge in [0.05, 0.1) is 29.1 Å². The summed E-state index contributed by atoms with van der Waals surface area (Å²) in [7, 11) is 1.75. The summed E-state index contributed by atoms with van der Waals surface area (Å²) in [5.41, 5.74) is 2.74. The Morgan fingerprint density at radius 1 is 1.32 bits per heavy atom. The number of nitrogens with zero attached hydrogens (tertiary/aromatic N) is 6. The molecule has 3 heterocycles. The highest BCUT2D eigenvalue weighted by Crippen LogP contribution is 2.30. The van der Waals surface area contributed by atoms with Gasteiger partial charge in [-0.1, -0.05) is 5.21 Å². The van der Waals surface area contributed by atoms with Crippen molar-refractivity contribution in [3.63, 3.8) is 0 Å². The molecule has 0 amide bonds. The van der Waals surface area contributed by atoms with E-state index in [9.17, 15) is 14.3 Å². The van der Waals surface area contributed by atoms with Gasteiger partial charge in [0, 0.05) is 13.1 Å². The van der Waals surface area contributed by atoms with Gasteiger partial charge in [-0.25, -0.2) is 24.0 Å². The number of pyridine rings is 1. The lowest BCUT2D eigenvalue weighted by atomic mass is 9.87. The summed E-state index contributed by atoms with van der Waals surface area (Å²) in [5, 5.41) is 17.6. The second-order valence-electron chi connectivity index (χ2n) is 8.42. The largest absolute Gasteiger partial charge is 0.489 e. The van der Waals surface area contributed by atoms with E-state index in [4.69, 9.17) is 9.47 Å². The van der Waals surface area contributed by atoms with Gasteiger partial charge >= 0.3 is 5.97 Å². The number of carboxylic acids is 1. The normalized spacial score (nSPS) is 18.9. The fraction of sp³-hybridized carbons (Fsp3) is 0.478. The first-order chi connectivity index (χ1) is 16.3. The summed E-state index contributed by atoms with van der Waals surface area (Å²) >= 11 is 0. The lowest BCUT2D eigenvalue weighted by Crippen LogP contribution is -2.29. The van der Waals surface area contributed by atoms with Gasteiger partial charge < -0.3 is 14.6 Å². The lowest BCUT2D eigenvalue weighted by molar-refractivity contribution is -0.143. The Morgan fingerprint density at radius 2 is 2.15 bits per heavy atom. The van der Waals surface area contributed by atoms with E-state index >= 15 is 0 Å². The highest BCUT2D eigenvalue weighted by Gasteiger charge is 2.28. The molecule has 1 N–H and O–H groups in total. The number of rotatable bonds is 8. The topological polar surface area (TPSA) is 125 Å². The zero-order chi connectivity index (χ0) is 24.2. The molecule has 0 saturated heterocycles. The van der Waals surface area contributed by atoms with E-state index in [2.05, 4.69) is 25.3 Å². The predicted octanol–water partition coefficient (Wildman–Crippen LogP) is 3.61. The van der Waals surface area contributed by atoms with E-state index in [0.717, 1.165) is 12.8 Å². The number of carbonyl (C=O) groups is 1. The van der Waals surface area contributed by atoms with Gasteiger partial charge in [-0.3, -0.25) is 4.79 Å². The molecule has 1 unspecified atom stereocenters. The number of hydrogen-bond acceptors (Lipinski definition) is 8. The molecular formula is C23H27FN6O4. The fourth-order valence-corrected chi connectivity index (χ4v) is 3.99. The van der Waals surface area contributed by atoms with Crippen molar-refractivity contribution >= 4 is 5.97 Å². The molecule has 0 aromatic carbocycles. The Morgan fingerprint density at radius 3 is 2.88 bits per heavy atom. The average Bonchev–Trinajstić information content (AvgIpc) is 3.19. The van der Waals surface area contributed by atoms with Crippen LogP contribution in [0.5, 0.6) is 11.6 Å². The molecule has 1 fully saturated rings. The van der Waals surface area contributed by atoms with Crippen molar-refractivity contribution in [2.24, 2.45) is 13.0 Å². The van der Waals surface area contributed by atoms with Crippen LogP contribution < -0.4 is 9.47 Å². The Balaban J connectivity index is 1.48. The van der Waals surface area contributed by atoms with Gasteiger partial charge in [0.2, 0.25) is 5.88 Å². The van der Waals surface area contributed by atoms with Crippen LogP contribution in [0.1, 0.15) is 55.9 Å².